The van der Waals surface area contributed by atoms with Crippen molar-refractivity contribution in [3.8, 4) is 5.75 Å². The number of carbonyl (C=O) groups is 1. The third kappa shape index (κ3) is 2.83. The van der Waals surface area contributed by atoms with Crippen LogP contribution in [-0.4, -0.2) is 18.0 Å². The number of nitrogens with two attached hydrogens (primary N) is 1. The molecule has 1 aromatic heterocycles. The van der Waals surface area contributed by atoms with Crippen molar-refractivity contribution in [3.63, 3.8) is 0 Å². The van der Waals surface area contributed by atoms with E-state index in [2.05, 4.69) is 10.3 Å². The van der Waals surface area contributed by atoms with Gasteiger partial charge in [-0.25, -0.2) is 4.98 Å². The predicted molar refractivity (Wildman–Crippen MR) is 79.3 cm³/mol. The Morgan fingerprint density at radius 2 is 2.15 bits per heavy atom. The lowest BCUT2D eigenvalue weighted by atomic mass is 10.1. The summed E-state index contributed by atoms with van der Waals surface area (Å²) in [7, 11) is 1.48. The van der Waals surface area contributed by atoms with Crippen molar-refractivity contribution >= 4 is 28.9 Å². The number of pyridine rings is 1. The zero-order chi connectivity index (χ0) is 14.7. The Hall–Kier alpha value is -2.27. The number of aryl methyl sites for hydroxylation is 1. The van der Waals surface area contributed by atoms with Crippen molar-refractivity contribution < 1.29 is 9.53 Å². The molecule has 3 N–H and O–H groups in total. The molecule has 0 saturated carbocycles. The summed E-state index contributed by atoms with van der Waals surface area (Å²) in [5.41, 5.74) is 7.87. The molecule has 0 fully saturated rings. The minimum absolute atomic E-state index is 0.243. The number of carbonyl (C=O) groups excluding carboxylic acids is 1. The number of anilines is 2. The van der Waals surface area contributed by atoms with E-state index in [9.17, 15) is 4.79 Å². The number of nitrogens with one attached hydrogen (secondary N) is 1. The van der Waals surface area contributed by atoms with Crippen LogP contribution in [0.4, 0.5) is 11.4 Å². The van der Waals surface area contributed by atoms with Crippen LogP contribution in [-0.2, 0) is 0 Å². The Balaban J connectivity index is 2.33. The van der Waals surface area contributed by atoms with E-state index < -0.39 is 0 Å². The minimum atomic E-state index is -0.333. The van der Waals surface area contributed by atoms with Crippen LogP contribution in [0, 0.1) is 6.92 Å². The van der Waals surface area contributed by atoms with E-state index in [-0.39, 0.29) is 11.1 Å². The van der Waals surface area contributed by atoms with Crippen LogP contribution in [0.1, 0.15) is 15.9 Å². The largest absolute Gasteiger partial charge is 0.496 e. The van der Waals surface area contributed by atoms with Crippen LogP contribution in [0.25, 0.3) is 0 Å². The van der Waals surface area contributed by atoms with Gasteiger partial charge >= 0.3 is 0 Å². The van der Waals surface area contributed by atoms with Crippen molar-refractivity contribution in [1.29, 1.82) is 0 Å². The van der Waals surface area contributed by atoms with Gasteiger partial charge in [0.15, 0.2) is 5.15 Å². The first-order valence-electron chi connectivity index (χ1n) is 5.89. The lowest BCUT2D eigenvalue weighted by Gasteiger charge is -2.12. The first kappa shape index (κ1) is 14.1. The third-order valence-electron chi connectivity index (χ3n) is 2.82. The summed E-state index contributed by atoms with van der Waals surface area (Å²) >= 11 is 5.98. The molecule has 0 radical (unpaired) electrons. The maximum atomic E-state index is 12.3. The fourth-order valence-corrected chi connectivity index (χ4v) is 2.00. The highest BCUT2D eigenvalue weighted by atomic mass is 35.5. The second kappa shape index (κ2) is 5.79. The Kier molecular flexibility index (Phi) is 4.10. The molecule has 0 aliphatic heterocycles. The topological polar surface area (TPSA) is 77.2 Å². The highest BCUT2D eigenvalue weighted by Gasteiger charge is 2.15. The molecule has 6 heteroatoms. The molecule has 5 nitrogen and oxygen atoms in total. The van der Waals surface area contributed by atoms with E-state index in [0.29, 0.717) is 22.7 Å². The second-order valence-electron chi connectivity index (χ2n) is 4.21. The maximum absolute atomic E-state index is 12.3. The lowest BCUT2D eigenvalue weighted by molar-refractivity contribution is 0.102. The van der Waals surface area contributed by atoms with Gasteiger partial charge in [-0.15, -0.1) is 0 Å². The normalized spacial score (nSPS) is 10.2. The minimum Gasteiger partial charge on any atom is -0.496 e. The number of nitrogen functional groups attached to an aromatic ring is 1. The molecule has 1 heterocycles. The number of ether oxygens (including phenoxy) is 1. The number of amides is 1. The van der Waals surface area contributed by atoms with E-state index in [1.807, 2.05) is 6.92 Å². The van der Waals surface area contributed by atoms with Gasteiger partial charge in [-0.2, -0.15) is 0 Å². The fourth-order valence-electron chi connectivity index (χ4n) is 1.75. The number of hydrogen-bond donors (Lipinski definition) is 2. The molecule has 0 unspecified atom stereocenters. The van der Waals surface area contributed by atoms with E-state index in [4.69, 9.17) is 22.1 Å². The molecule has 2 aromatic rings. The summed E-state index contributed by atoms with van der Waals surface area (Å²) in [6.07, 6.45) is 1.58. The molecular weight excluding hydrogens is 278 g/mol. The molecule has 104 valence electrons. The van der Waals surface area contributed by atoms with Gasteiger partial charge in [0.25, 0.3) is 5.91 Å². The van der Waals surface area contributed by atoms with Gasteiger partial charge in [-0.3, -0.25) is 4.79 Å². The molecule has 0 bridgehead atoms. The van der Waals surface area contributed by atoms with Crippen LogP contribution in [0.2, 0.25) is 5.15 Å². The van der Waals surface area contributed by atoms with E-state index in [0.717, 1.165) is 5.56 Å². The highest BCUT2D eigenvalue weighted by molar-refractivity contribution is 6.33. The summed E-state index contributed by atoms with van der Waals surface area (Å²) in [5, 5.41) is 2.98. The summed E-state index contributed by atoms with van der Waals surface area (Å²) in [4.78, 5) is 16.2. The second-order valence-corrected chi connectivity index (χ2v) is 4.57. The third-order valence-corrected chi connectivity index (χ3v) is 3.11. The van der Waals surface area contributed by atoms with Gasteiger partial charge in [-0.05, 0) is 30.7 Å². The van der Waals surface area contributed by atoms with Crippen LogP contribution >= 0.6 is 11.6 Å². The summed E-state index contributed by atoms with van der Waals surface area (Å²) in [6.45, 7) is 1.84. The number of aromatic nitrogens is 1. The van der Waals surface area contributed by atoms with Crippen LogP contribution in [0.15, 0.2) is 30.5 Å². The van der Waals surface area contributed by atoms with Crippen LogP contribution in [0.3, 0.4) is 0 Å². The SMILES string of the molecule is COc1cc(N)ccc1C(=O)Nc1c(C)ccnc1Cl. The Labute approximate surface area is 121 Å². The number of nitrogens with zero attached hydrogens (tertiary/aromatic N) is 1. The van der Waals surface area contributed by atoms with Crippen molar-refractivity contribution in [2.24, 2.45) is 0 Å². The molecule has 20 heavy (non-hydrogen) atoms. The number of benzene rings is 1. The van der Waals surface area contributed by atoms with Crippen molar-refractivity contribution in [2.75, 3.05) is 18.2 Å². The molecule has 2 rings (SSSR count). The van der Waals surface area contributed by atoms with Gasteiger partial charge in [-0.1, -0.05) is 11.6 Å². The zero-order valence-corrected chi connectivity index (χ0v) is 11.9. The van der Waals surface area contributed by atoms with Gasteiger partial charge in [0, 0.05) is 18.0 Å². The number of methoxy groups -OCH3 is 1. The van der Waals surface area contributed by atoms with E-state index in [1.54, 1.807) is 30.5 Å². The average Bonchev–Trinajstić information content (AvgIpc) is 2.42. The molecule has 1 amide bonds. The van der Waals surface area contributed by atoms with Gasteiger partial charge in [0.1, 0.15) is 5.75 Å². The quantitative estimate of drug-likeness (QED) is 0.673. The maximum Gasteiger partial charge on any atom is 0.259 e. The summed E-state index contributed by atoms with van der Waals surface area (Å²) < 4.78 is 5.16. The average molecular weight is 292 g/mol. The first-order chi connectivity index (χ1) is 9.52. The number of halogens is 1. The Bertz CT molecular complexity index is 639. The van der Waals surface area contributed by atoms with Crippen LogP contribution in [0.5, 0.6) is 5.75 Å². The lowest BCUT2D eigenvalue weighted by Crippen LogP contribution is -2.14. The predicted octanol–water partition coefficient (Wildman–Crippen LogP) is 2.89. The highest BCUT2D eigenvalue weighted by Crippen LogP contribution is 2.26. The zero-order valence-electron chi connectivity index (χ0n) is 11.1. The number of hydrogen-bond acceptors (Lipinski definition) is 4. The van der Waals surface area contributed by atoms with Crippen molar-refractivity contribution in [1.82, 2.24) is 4.98 Å². The monoisotopic (exact) mass is 291 g/mol. The molecule has 1 aromatic carbocycles. The fraction of sp³-hybridized carbons (Fsp3) is 0.143. The molecule has 0 atom stereocenters. The number of rotatable bonds is 3. The smallest absolute Gasteiger partial charge is 0.259 e. The Morgan fingerprint density at radius 3 is 2.80 bits per heavy atom. The summed E-state index contributed by atoms with van der Waals surface area (Å²) in [5.74, 6) is 0.0695. The van der Waals surface area contributed by atoms with Crippen LogP contribution < -0.4 is 15.8 Å². The molecule has 0 saturated heterocycles. The van der Waals surface area contributed by atoms with E-state index >= 15 is 0 Å². The molecule has 0 spiro atoms. The van der Waals surface area contributed by atoms with Gasteiger partial charge in [0.2, 0.25) is 0 Å². The first-order valence-corrected chi connectivity index (χ1v) is 6.26. The molecule has 0 aliphatic carbocycles. The standard InChI is InChI=1S/C14H14ClN3O2/c1-8-5-6-17-13(15)12(8)18-14(19)10-4-3-9(16)7-11(10)20-2/h3-7H,16H2,1-2H3,(H,18,19). The van der Waals surface area contributed by atoms with Gasteiger partial charge < -0.3 is 15.8 Å². The Morgan fingerprint density at radius 1 is 1.40 bits per heavy atom. The van der Waals surface area contributed by atoms with Crippen molar-refractivity contribution in [2.45, 2.75) is 6.92 Å². The summed E-state index contributed by atoms with van der Waals surface area (Å²) in [6, 6.07) is 6.59. The molecule has 0 aliphatic rings. The molecular formula is C14H14ClN3O2. The van der Waals surface area contributed by atoms with E-state index in [1.165, 1.54) is 7.11 Å². The van der Waals surface area contributed by atoms with Gasteiger partial charge in [0.05, 0.1) is 18.4 Å². The van der Waals surface area contributed by atoms with Crippen molar-refractivity contribution in [3.05, 3.63) is 46.7 Å².